The van der Waals surface area contributed by atoms with E-state index in [0.29, 0.717) is 11.5 Å². The number of hydrogen-bond acceptors (Lipinski definition) is 5. The van der Waals surface area contributed by atoms with E-state index in [0.717, 1.165) is 43.2 Å². The molecule has 2 aromatic carbocycles. The van der Waals surface area contributed by atoms with E-state index in [9.17, 15) is 4.79 Å². The van der Waals surface area contributed by atoms with Gasteiger partial charge in [-0.25, -0.2) is 0 Å². The maximum Gasteiger partial charge on any atom is 0.248 e. The summed E-state index contributed by atoms with van der Waals surface area (Å²) in [6.07, 6.45) is 3.20. The van der Waals surface area contributed by atoms with Gasteiger partial charge in [-0.05, 0) is 42.5 Å². The van der Waals surface area contributed by atoms with Gasteiger partial charge >= 0.3 is 0 Å². The van der Waals surface area contributed by atoms with Gasteiger partial charge in [0.25, 0.3) is 0 Å². The Morgan fingerprint density at radius 1 is 1.07 bits per heavy atom. The van der Waals surface area contributed by atoms with Crippen LogP contribution >= 0.6 is 0 Å². The fourth-order valence-electron chi connectivity index (χ4n) is 2.88. The summed E-state index contributed by atoms with van der Waals surface area (Å²) < 4.78 is 15.9. The largest absolute Gasteiger partial charge is 0.497 e. The van der Waals surface area contributed by atoms with Gasteiger partial charge in [0.05, 0.1) is 27.4 Å². The van der Waals surface area contributed by atoms with Gasteiger partial charge in [0.2, 0.25) is 5.91 Å². The molecule has 0 atom stereocenters. The number of rotatable bonds is 6. The van der Waals surface area contributed by atoms with Gasteiger partial charge in [0, 0.05) is 42.2 Å². The Morgan fingerprint density at radius 3 is 2.48 bits per heavy atom. The predicted octanol–water partition coefficient (Wildman–Crippen LogP) is 3.19. The number of hydrogen-bond donors (Lipinski definition) is 1. The highest BCUT2D eigenvalue weighted by molar-refractivity contribution is 6.02. The van der Waals surface area contributed by atoms with Gasteiger partial charge in [-0.3, -0.25) is 4.79 Å². The van der Waals surface area contributed by atoms with Crippen molar-refractivity contribution < 1.29 is 19.0 Å². The number of anilines is 2. The van der Waals surface area contributed by atoms with Crippen LogP contribution in [0, 0.1) is 0 Å². The zero-order chi connectivity index (χ0) is 19.1. The Bertz CT molecular complexity index is 796. The van der Waals surface area contributed by atoms with E-state index in [4.69, 9.17) is 14.2 Å². The van der Waals surface area contributed by atoms with Crippen molar-refractivity contribution in [2.24, 2.45) is 0 Å². The summed E-state index contributed by atoms with van der Waals surface area (Å²) in [5.41, 5.74) is 2.69. The highest BCUT2D eigenvalue weighted by Crippen LogP contribution is 2.25. The Labute approximate surface area is 159 Å². The van der Waals surface area contributed by atoms with E-state index in [1.54, 1.807) is 26.4 Å². The minimum atomic E-state index is -0.202. The summed E-state index contributed by atoms with van der Waals surface area (Å²) in [6.45, 7) is 3.27. The maximum atomic E-state index is 12.2. The van der Waals surface area contributed by atoms with Crippen molar-refractivity contribution in [1.29, 1.82) is 0 Å². The third-order valence-electron chi connectivity index (χ3n) is 4.37. The van der Waals surface area contributed by atoms with Crippen LogP contribution in [0.25, 0.3) is 6.08 Å². The molecule has 0 aliphatic carbocycles. The summed E-state index contributed by atoms with van der Waals surface area (Å²) in [5, 5.41) is 2.87. The van der Waals surface area contributed by atoms with Gasteiger partial charge < -0.3 is 24.4 Å². The Hall–Kier alpha value is -2.99. The summed E-state index contributed by atoms with van der Waals surface area (Å²) in [6, 6.07) is 13.3. The van der Waals surface area contributed by atoms with Crippen molar-refractivity contribution in [3.8, 4) is 11.5 Å². The number of methoxy groups -OCH3 is 2. The molecule has 1 N–H and O–H groups in total. The van der Waals surface area contributed by atoms with Crippen LogP contribution in [-0.4, -0.2) is 46.4 Å². The molecule has 0 aromatic heterocycles. The number of ether oxygens (including phenoxy) is 3. The van der Waals surface area contributed by atoms with Gasteiger partial charge in [0.15, 0.2) is 0 Å². The zero-order valence-corrected chi connectivity index (χ0v) is 15.6. The fourth-order valence-corrected chi connectivity index (χ4v) is 2.88. The third kappa shape index (κ3) is 5.01. The molecule has 0 bridgehead atoms. The second-order valence-corrected chi connectivity index (χ2v) is 6.08. The number of carbonyl (C=O) groups excluding carboxylic acids is 1. The molecule has 6 heteroatoms. The lowest BCUT2D eigenvalue weighted by molar-refractivity contribution is -0.111. The molecule has 3 rings (SSSR count). The quantitative estimate of drug-likeness (QED) is 0.794. The number of nitrogens with one attached hydrogen (secondary N) is 1. The molecule has 1 amide bonds. The lowest BCUT2D eigenvalue weighted by atomic mass is 10.1. The topological polar surface area (TPSA) is 60.0 Å². The first-order chi connectivity index (χ1) is 13.2. The van der Waals surface area contributed by atoms with Gasteiger partial charge in [-0.2, -0.15) is 0 Å². The smallest absolute Gasteiger partial charge is 0.248 e. The van der Waals surface area contributed by atoms with E-state index in [2.05, 4.69) is 10.2 Å². The van der Waals surface area contributed by atoms with Crippen LogP contribution < -0.4 is 19.7 Å². The monoisotopic (exact) mass is 368 g/mol. The van der Waals surface area contributed by atoms with Crippen molar-refractivity contribution in [1.82, 2.24) is 0 Å². The molecule has 1 saturated heterocycles. The van der Waals surface area contributed by atoms with Crippen molar-refractivity contribution in [2.75, 3.05) is 50.7 Å². The second-order valence-electron chi connectivity index (χ2n) is 6.08. The van der Waals surface area contributed by atoms with Crippen molar-refractivity contribution in [3.05, 3.63) is 54.1 Å². The SMILES string of the molecule is COc1ccc(C=CC(=O)Nc2ccc(N3CCOCC3)cc2)c(OC)c1. The predicted molar refractivity (Wildman–Crippen MR) is 107 cm³/mol. The Kier molecular flexibility index (Phi) is 6.33. The number of carbonyl (C=O) groups is 1. The summed E-state index contributed by atoms with van der Waals surface area (Å²) >= 11 is 0. The molecule has 6 nitrogen and oxygen atoms in total. The third-order valence-corrected chi connectivity index (χ3v) is 4.37. The summed E-state index contributed by atoms with van der Waals surface area (Å²) in [7, 11) is 3.18. The number of benzene rings is 2. The van der Waals surface area contributed by atoms with Gasteiger partial charge in [-0.1, -0.05) is 0 Å². The summed E-state index contributed by atoms with van der Waals surface area (Å²) in [5.74, 6) is 1.15. The van der Waals surface area contributed by atoms with Crippen LogP contribution in [0.4, 0.5) is 11.4 Å². The molecular weight excluding hydrogens is 344 g/mol. The molecule has 0 saturated carbocycles. The molecule has 1 aliphatic rings. The molecule has 0 radical (unpaired) electrons. The van der Waals surface area contributed by atoms with Crippen molar-refractivity contribution in [2.45, 2.75) is 0 Å². The van der Waals surface area contributed by atoms with Crippen LogP contribution in [0.3, 0.4) is 0 Å². The highest BCUT2D eigenvalue weighted by Gasteiger charge is 2.11. The number of nitrogens with zero attached hydrogens (tertiary/aromatic N) is 1. The van der Waals surface area contributed by atoms with Crippen LogP contribution in [0.2, 0.25) is 0 Å². The van der Waals surface area contributed by atoms with E-state index in [-0.39, 0.29) is 5.91 Å². The fraction of sp³-hybridized carbons (Fsp3) is 0.286. The zero-order valence-electron chi connectivity index (χ0n) is 15.6. The number of morpholine rings is 1. The van der Waals surface area contributed by atoms with Crippen LogP contribution in [-0.2, 0) is 9.53 Å². The first kappa shape index (κ1) is 18.8. The normalized spacial score (nSPS) is 14.2. The minimum Gasteiger partial charge on any atom is -0.497 e. The first-order valence-electron chi connectivity index (χ1n) is 8.83. The van der Waals surface area contributed by atoms with Crippen LogP contribution in [0.15, 0.2) is 48.5 Å². The standard InChI is InChI=1S/C21H24N2O4/c1-25-19-9-3-16(20(15-19)26-2)4-10-21(24)22-17-5-7-18(8-6-17)23-11-13-27-14-12-23/h3-10,15H,11-14H2,1-2H3,(H,22,24). The summed E-state index contributed by atoms with van der Waals surface area (Å²) in [4.78, 5) is 14.5. The van der Waals surface area contributed by atoms with E-state index in [1.165, 1.54) is 6.08 Å². The van der Waals surface area contributed by atoms with E-state index < -0.39 is 0 Å². The molecule has 1 fully saturated rings. The molecule has 1 heterocycles. The van der Waals surface area contributed by atoms with Crippen LogP contribution in [0.1, 0.15) is 5.56 Å². The van der Waals surface area contributed by atoms with Crippen molar-refractivity contribution >= 4 is 23.4 Å². The molecule has 2 aromatic rings. The molecule has 142 valence electrons. The molecule has 0 unspecified atom stereocenters. The van der Waals surface area contributed by atoms with E-state index >= 15 is 0 Å². The molecule has 1 aliphatic heterocycles. The second kappa shape index (κ2) is 9.09. The van der Waals surface area contributed by atoms with E-state index in [1.807, 2.05) is 36.4 Å². The average molecular weight is 368 g/mol. The first-order valence-corrected chi connectivity index (χ1v) is 8.83. The van der Waals surface area contributed by atoms with Gasteiger partial charge in [0.1, 0.15) is 11.5 Å². The number of amides is 1. The van der Waals surface area contributed by atoms with Crippen LogP contribution in [0.5, 0.6) is 11.5 Å². The Balaban J connectivity index is 1.61. The minimum absolute atomic E-state index is 0.202. The van der Waals surface area contributed by atoms with Gasteiger partial charge in [-0.15, -0.1) is 0 Å². The molecule has 27 heavy (non-hydrogen) atoms. The molecule has 0 spiro atoms. The lowest BCUT2D eigenvalue weighted by Crippen LogP contribution is -2.36. The Morgan fingerprint density at radius 2 is 1.81 bits per heavy atom. The average Bonchev–Trinajstić information content (AvgIpc) is 2.73. The maximum absolute atomic E-state index is 12.2. The molecular formula is C21H24N2O4. The lowest BCUT2D eigenvalue weighted by Gasteiger charge is -2.28. The van der Waals surface area contributed by atoms with Crippen molar-refractivity contribution in [3.63, 3.8) is 0 Å². The highest BCUT2D eigenvalue weighted by atomic mass is 16.5.